The van der Waals surface area contributed by atoms with E-state index >= 15 is 0 Å². The molecule has 3 heterocycles. The van der Waals surface area contributed by atoms with Crippen molar-refractivity contribution in [2.24, 2.45) is 18.4 Å². The lowest BCUT2D eigenvalue weighted by molar-refractivity contribution is -0.168. The summed E-state index contributed by atoms with van der Waals surface area (Å²) in [7, 11) is 2.04. The summed E-state index contributed by atoms with van der Waals surface area (Å²) in [6, 6.07) is 6.43. The highest BCUT2D eigenvalue weighted by molar-refractivity contribution is 5.81. The number of carbonyl (C=O) groups excluding carboxylic acids is 1. The molecular weight excluding hydrogens is 314 g/mol. The third kappa shape index (κ3) is 2.32. The van der Waals surface area contributed by atoms with Gasteiger partial charge in [-0.05, 0) is 50.8 Å². The van der Waals surface area contributed by atoms with Crippen LogP contribution in [0.2, 0.25) is 0 Å². The maximum atomic E-state index is 12.4. The molecule has 5 rings (SSSR count). The van der Waals surface area contributed by atoms with Gasteiger partial charge in [0.2, 0.25) is 5.91 Å². The summed E-state index contributed by atoms with van der Waals surface area (Å²) >= 11 is 0. The average molecular weight is 339 g/mol. The van der Waals surface area contributed by atoms with Crippen LogP contribution in [-0.2, 0) is 11.8 Å². The van der Waals surface area contributed by atoms with Gasteiger partial charge in [-0.3, -0.25) is 4.79 Å². The molecule has 1 aliphatic heterocycles. The first-order chi connectivity index (χ1) is 11.8. The molecule has 1 N–H and O–H groups in total. The topological polar surface area (TPSA) is 58.4 Å². The molecule has 1 saturated heterocycles. The molecule has 2 aromatic rings. The average Bonchev–Trinajstić information content (AvgIpc) is 2.83. The number of hydrogen-bond acceptors (Lipinski definition) is 3. The Hall–Kier alpha value is -1.88. The van der Waals surface area contributed by atoms with Crippen LogP contribution in [0.1, 0.15) is 44.2 Å². The number of amides is 1. The molecule has 132 valence electrons. The maximum Gasteiger partial charge on any atom is 0.225 e. The summed E-state index contributed by atoms with van der Waals surface area (Å²) < 4.78 is 2.07. The van der Waals surface area contributed by atoms with Gasteiger partial charge in [0, 0.05) is 54.7 Å². The first-order valence-corrected chi connectivity index (χ1v) is 9.27. The van der Waals surface area contributed by atoms with Crippen LogP contribution < -0.4 is 0 Å². The molecule has 5 nitrogen and oxygen atoms in total. The molecule has 1 amide bonds. The number of aliphatic hydroxyl groups is 1. The van der Waals surface area contributed by atoms with Crippen molar-refractivity contribution in [1.29, 1.82) is 0 Å². The summed E-state index contributed by atoms with van der Waals surface area (Å²) in [5.74, 6) is 0.828. The maximum absolute atomic E-state index is 12.4. The lowest BCUT2D eigenvalue weighted by Crippen LogP contribution is -2.65. The van der Waals surface area contributed by atoms with Crippen molar-refractivity contribution in [3.63, 3.8) is 0 Å². The van der Waals surface area contributed by atoms with Crippen LogP contribution in [0.15, 0.2) is 24.4 Å². The van der Waals surface area contributed by atoms with Crippen molar-refractivity contribution < 1.29 is 9.90 Å². The van der Waals surface area contributed by atoms with E-state index in [0.717, 1.165) is 31.6 Å². The molecular formula is C20H25N3O2. The van der Waals surface area contributed by atoms with E-state index in [1.807, 2.05) is 18.9 Å². The summed E-state index contributed by atoms with van der Waals surface area (Å²) in [6.07, 6.45) is 5.58. The summed E-state index contributed by atoms with van der Waals surface area (Å²) in [5.41, 5.74) is 1.96. The monoisotopic (exact) mass is 339 g/mol. The van der Waals surface area contributed by atoms with E-state index in [-0.39, 0.29) is 11.8 Å². The molecule has 3 aliphatic rings. The zero-order chi connectivity index (χ0) is 17.4. The van der Waals surface area contributed by atoms with Gasteiger partial charge in [-0.15, -0.1) is 0 Å². The normalized spacial score (nSPS) is 30.8. The molecule has 0 radical (unpaired) electrons. The Balaban J connectivity index is 1.20. The fraction of sp³-hybridized carbons (Fsp3) is 0.600. The van der Waals surface area contributed by atoms with Crippen LogP contribution in [0.5, 0.6) is 0 Å². The van der Waals surface area contributed by atoms with E-state index in [0.29, 0.717) is 24.2 Å². The molecule has 5 heteroatoms. The quantitative estimate of drug-likeness (QED) is 0.914. The van der Waals surface area contributed by atoms with E-state index in [9.17, 15) is 9.90 Å². The van der Waals surface area contributed by atoms with Crippen molar-refractivity contribution >= 4 is 16.9 Å². The highest BCUT2D eigenvalue weighted by Crippen LogP contribution is 2.56. The standard InChI is InChI=1S/C20H25N3O2/c1-19(25)7-15(8-19)18(24)23-11-20(12-23)9-14(10-20)16-4-3-13-5-6-22(2)17(13)21-16/h3-6,14-15,25H,7-12H2,1-2H3/t15-,19+. The van der Waals surface area contributed by atoms with Crippen molar-refractivity contribution in [3.8, 4) is 0 Å². The van der Waals surface area contributed by atoms with E-state index < -0.39 is 5.60 Å². The van der Waals surface area contributed by atoms with Crippen molar-refractivity contribution in [2.45, 2.75) is 44.1 Å². The van der Waals surface area contributed by atoms with E-state index in [1.165, 1.54) is 11.1 Å². The molecule has 0 unspecified atom stereocenters. The first-order valence-electron chi connectivity index (χ1n) is 9.27. The Bertz CT molecular complexity index is 847. The summed E-state index contributed by atoms with van der Waals surface area (Å²) in [4.78, 5) is 19.3. The Morgan fingerprint density at radius 1 is 1.20 bits per heavy atom. The summed E-state index contributed by atoms with van der Waals surface area (Å²) in [6.45, 7) is 3.61. The predicted molar refractivity (Wildman–Crippen MR) is 95.0 cm³/mol. The van der Waals surface area contributed by atoms with Crippen LogP contribution in [0.4, 0.5) is 0 Å². The van der Waals surface area contributed by atoms with E-state index in [2.05, 4.69) is 29.0 Å². The minimum atomic E-state index is -0.619. The number of likely N-dealkylation sites (tertiary alicyclic amines) is 1. The molecule has 2 aromatic heterocycles. The second kappa shape index (κ2) is 4.85. The zero-order valence-electron chi connectivity index (χ0n) is 14.9. The number of pyridine rings is 1. The lowest BCUT2D eigenvalue weighted by atomic mass is 9.56. The molecule has 2 aliphatic carbocycles. The minimum Gasteiger partial charge on any atom is -0.390 e. The van der Waals surface area contributed by atoms with Gasteiger partial charge in [-0.25, -0.2) is 4.98 Å². The second-order valence-corrected chi connectivity index (χ2v) is 8.98. The van der Waals surface area contributed by atoms with Gasteiger partial charge in [0.15, 0.2) is 0 Å². The largest absolute Gasteiger partial charge is 0.390 e. The lowest BCUT2D eigenvalue weighted by Gasteiger charge is -2.60. The van der Waals surface area contributed by atoms with Gasteiger partial charge in [-0.2, -0.15) is 0 Å². The minimum absolute atomic E-state index is 0.0460. The van der Waals surface area contributed by atoms with Gasteiger partial charge < -0.3 is 14.6 Å². The fourth-order valence-corrected chi connectivity index (χ4v) is 5.18. The third-order valence-electron chi connectivity index (χ3n) is 6.60. The highest BCUT2D eigenvalue weighted by atomic mass is 16.3. The van der Waals surface area contributed by atoms with Gasteiger partial charge in [0.25, 0.3) is 0 Å². The SMILES string of the molecule is Cn1ccc2ccc(C3CC4(C3)CN(C(=O)[C@H]3C[C@@](C)(O)C3)C4)nc21. The zero-order valence-corrected chi connectivity index (χ0v) is 14.9. The molecule has 1 spiro atoms. The van der Waals surface area contributed by atoms with Crippen molar-refractivity contribution in [3.05, 3.63) is 30.1 Å². The van der Waals surface area contributed by atoms with Gasteiger partial charge in [0.05, 0.1) is 5.60 Å². The number of nitrogens with zero attached hydrogens (tertiary/aromatic N) is 3. The molecule has 2 saturated carbocycles. The van der Waals surface area contributed by atoms with E-state index in [4.69, 9.17) is 4.98 Å². The van der Waals surface area contributed by atoms with Crippen LogP contribution in [0.25, 0.3) is 11.0 Å². The van der Waals surface area contributed by atoms with E-state index in [1.54, 1.807) is 0 Å². The van der Waals surface area contributed by atoms with Crippen molar-refractivity contribution in [2.75, 3.05) is 13.1 Å². The van der Waals surface area contributed by atoms with Crippen LogP contribution >= 0.6 is 0 Å². The number of hydrogen-bond donors (Lipinski definition) is 1. The molecule has 3 fully saturated rings. The number of aromatic nitrogens is 2. The molecule has 25 heavy (non-hydrogen) atoms. The van der Waals surface area contributed by atoms with Gasteiger partial charge >= 0.3 is 0 Å². The van der Waals surface area contributed by atoms with Gasteiger partial charge in [0.1, 0.15) is 5.65 Å². The van der Waals surface area contributed by atoms with Gasteiger partial charge in [-0.1, -0.05) is 0 Å². The van der Waals surface area contributed by atoms with Crippen molar-refractivity contribution in [1.82, 2.24) is 14.5 Å². The number of aryl methyl sites for hydroxylation is 1. The predicted octanol–water partition coefficient (Wildman–Crippen LogP) is 2.44. The third-order valence-corrected chi connectivity index (χ3v) is 6.60. The first kappa shape index (κ1) is 15.4. The Kier molecular flexibility index (Phi) is 2.98. The smallest absolute Gasteiger partial charge is 0.225 e. The second-order valence-electron chi connectivity index (χ2n) is 8.98. The summed E-state index contributed by atoms with van der Waals surface area (Å²) in [5, 5.41) is 11.0. The number of carbonyl (C=O) groups is 1. The highest BCUT2D eigenvalue weighted by Gasteiger charge is 2.56. The fourth-order valence-electron chi connectivity index (χ4n) is 5.18. The van der Waals surface area contributed by atoms with Crippen LogP contribution in [0, 0.1) is 11.3 Å². The Labute approximate surface area is 147 Å². The molecule has 0 bridgehead atoms. The Morgan fingerprint density at radius 2 is 1.92 bits per heavy atom. The van der Waals surface area contributed by atoms with Crippen LogP contribution in [-0.4, -0.2) is 44.2 Å². The van der Waals surface area contributed by atoms with Crippen LogP contribution in [0.3, 0.4) is 0 Å². The molecule has 0 atom stereocenters. The number of fused-ring (bicyclic) bond motifs is 1. The Morgan fingerprint density at radius 3 is 2.60 bits per heavy atom. The number of rotatable bonds is 2. The molecule has 0 aromatic carbocycles.